The fraction of sp³-hybridized carbons (Fsp3) is 0.478. The Balaban J connectivity index is 0.00000272. The maximum Gasteiger partial charge on any atom is 0.213 e. The second-order valence-corrected chi connectivity index (χ2v) is 8.07. The second kappa shape index (κ2) is 11.5. The van der Waals surface area contributed by atoms with Crippen molar-refractivity contribution >= 4 is 35.6 Å². The van der Waals surface area contributed by atoms with Gasteiger partial charge in [-0.2, -0.15) is 0 Å². The minimum atomic E-state index is -0.186. The first-order chi connectivity index (χ1) is 14.7. The Morgan fingerprint density at radius 2 is 2.00 bits per heavy atom. The van der Waals surface area contributed by atoms with Crippen LogP contribution in [-0.2, 0) is 6.54 Å². The summed E-state index contributed by atoms with van der Waals surface area (Å²) >= 11 is 0. The number of hydrogen-bond acceptors (Lipinski definition) is 4. The van der Waals surface area contributed by atoms with Gasteiger partial charge in [0.1, 0.15) is 5.82 Å². The Morgan fingerprint density at radius 1 is 1.19 bits per heavy atom. The van der Waals surface area contributed by atoms with Gasteiger partial charge < -0.3 is 20.3 Å². The van der Waals surface area contributed by atoms with Crippen molar-refractivity contribution in [3.8, 4) is 5.88 Å². The fourth-order valence-corrected chi connectivity index (χ4v) is 3.66. The molecule has 0 unspecified atom stereocenters. The predicted molar refractivity (Wildman–Crippen MR) is 133 cm³/mol. The van der Waals surface area contributed by atoms with E-state index in [0.717, 1.165) is 49.7 Å². The molecule has 2 aliphatic rings. The van der Waals surface area contributed by atoms with Crippen LogP contribution in [0.1, 0.15) is 31.2 Å². The first-order valence-corrected chi connectivity index (χ1v) is 10.7. The molecule has 1 aromatic heterocycles. The second-order valence-electron chi connectivity index (χ2n) is 8.07. The average Bonchev–Trinajstić information content (AvgIpc) is 3.60. The molecule has 1 saturated heterocycles. The number of guanidine groups is 1. The van der Waals surface area contributed by atoms with E-state index in [1.54, 1.807) is 25.4 Å². The highest BCUT2D eigenvalue weighted by Gasteiger charge is 2.22. The van der Waals surface area contributed by atoms with Crippen molar-refractivity contribution in [2.75, 3.05) is 31.6 Å². The van der Waals surface area contributed by atoms with E-state index in [1.807, 2.05) is 18.2 Å². The summed E-state index contributed by atoms with van der Waals surface area (Å²) in [5.41, 5.74) is 2.06. The van der Waals surface area contributed by atoms with Crippen LogP contribution in [0.3, 0.4) is 0 Å². The van der Waals surface area contributed by atoms with Gasteiger partial charge in [-0.1, -0.05) is 6.07 Å². The fourth-order valence-electron chi connectivity index (χ4n) is 3.66. The summed E-state index contributed by atoms with van der Waals surface area (Å²) in [5, 5.41) is 6.89. The molecule has 0 amide bonds. The Bertz CT molecular complexity index is 869. The number of benzene rings is 1. The number of piperidine rings is 1. The van der Waals surface area contributed by atoms with Crippen LogP contribution in [0.4, 0.5) is 10.1 Å². The van der Waals surface area contributed by atoms with Gasteiger partial charge in [0, 0.05) is 50.7 Å². The molecular formula is C23H31FIN5O. The zero-order valence-electron chi connectivity index (χ0n) is 17.9. The summed E-state index contributed by atoms with van der Waals surface area (Å²) < 4.78 is 19.2. The zero-order chi connectivity index (χ0) is 20.8. The van der Waals surface area contributed by atoms with E-state index in [1.165, 1.54) is 18.9 Å². The molecule has 2 heterocycles. The van der Waals surface area contributed by atoms with E-state index < -0.39 is 0 Å². The lowest BCUT2D eigenvalue weighted by Gasteiger charge is -2.34. The zero-order valence-corrected chi connectivity index (χ0v) is 20.2. The average molecular weight is 539 g/mol. The molecule has 1 aliphatic carbocycles. The first kappa shape index (κ1) is 23.6. The van der Waals surface area contributed by atoms with Crippen molar-refractivity contribution in [1.29, 1.82) is 0 Å². The highest BCUT2D eigenvalue weighted by Crippen LogP contribution is 2.29. The van der Waals surface area contributed by atoms with Gasteiger partial charge in [0.25, 0.3) is 0 Å². The number of aromatic nitrogens is 1. The normalized spacial score (nSPS) is 17.1. The molecule has 1 aromatic carbocycles. The van der Waals surface area contributed by atoms with E-state index >= 15 is 0 Å². The molecule has 0 bridgehead atoms. The van der Waals surface area contributed by atoms with Crippen molar-refractivity contribution < 1.29 is 9.13 Å². The van der Waals surface area contributed by atoms with Crippen LogP contribution in [0.2, 0.25) is 0 Å². The minimum absolute atomic E-state index is 0. The number of rotatable bonds is 7. The van der Waals surface area contributed by atoms with Gasteiger partial charge in [-0.05, 0) is 61.4 Å². The van der Waals surface area contributed by atoms with Gasteiger partial charge >= 0.3 is 0 Å². The molecule has 1 saturated carbocycles. The Kier molecular flexibility index (Phi) is 8.74. The summed E-state index contributed by atoms with van der Waals surface area (Å²) in [6, 6.07) is 11.1. The van der Waals surface area contributed by atoms with Crippen LogP contribution >= 0.6 is 24.0 Å². The monoisotopic (exact) mass is 539 g/mol. The molecule has 2 N–H and O–H groups in total. The van der Waals surface area contributed by atoms with E-state index in [4.69, 9.17) is 4.74 Å². The number of ether oxygens (including phenoxy) is 1. The SMILES string of the molecule is CN=C(NCc1ccnc(OCC2CC2)c1)NC1CCN(c2cccc(F)c2)CC1.I. The number of nitrogens with one attached hydrogen (secondary N) is 2. The standard InChI is InChI=1S/C23H30FN5O.HI/c1-25-23(27-15-18-7-10-26-22(13-18)30-16-17-5-6-17)28-20-8-11-29(12-9-20)21-4-2-3-19(24)14-21;/h2-4,7,10,13-14,17,20H,5-6,8-9,11-12,15-16H2,1H3,(H2,25,27,28);1H. The van der Waals surface area contributed by atoms with Crippen LogP contribution in [0, 0.1) is 11.7 Å². The third kappa shape index (κ3) is 7.22. The van der Waals surface area contributed by atoms with E-state index in [-0.39, 0.29) is 29.8 Å². The smallest absolute Gasteiger partial charge is 0.213 e. The van der Waals surface area contributed by atoms with Gasteiger partial charge in [-0.15, -0.1) is 24.0 Å². The molecule has 0 atom stereocenters. The van der Waals surface area contributed by atoms with Crippen LogP contribution in [-0.4, -0.2) is 43.7 Å². The Hall–Kier alpha value is -2.10. The first-order valence-electron chi connectivity index (χ1n) is 10.7. The number of aliphatic imine (C=N–C) groups is 1. The lowest BCUT2D eigenvalue weighted by Crippen LogP contribution is -2.48. The van der Waals surface area contributed by atoms with Crippen LogP contribution in [0.5, 0.6) is 5.88 Å². The molecule has 4 rings (SSSR count). The van der Waals surface area contributed by atoms with Crippen LogP contribution < -0.4 is 20.3 Å². The number of pyridine rings is 1. The molecule has 31 heavy (non-hydrogen) atoms. The van der Waals surface area contributed by atoms with Crippen molar-refractivity contribution in [2.24, 2.45) is 10.9 Å². The molecule has 2 fully saturated rings. The largest absolute Gasteiger partial charge is 0.477 e. The highest BCUT2D eigenvalue weighted by molar-refractivity contribution is 14.0. The molecule has 168 valence electrons. The van der Waals surface area contributed by atoms with Gasteiger partial charge in [0.2, 0.25) is 5.88 Å². The van der Waals surface area contributed by atoms with E-state index in [2.05, 4.69) is 25.5 Å². The third-order valence-corrected chi connectivity index (χ3v) is 5.66. The number of anilines is 1. The molecule has 6 nitrogen and oxygen atoms in total. The quantitative estimate of drug-likeness (QED) is 0.317. The number of hydrogen-bond donors (Lipinski definition) is 2. The minimum Gasteiger partial charge on any atom is -0.477 e. The molecule has 2 aromatic rings. The highest BCUT2D eigenvalue weighted by atomic mass is 127. The maximum atomic E-state index is 13.5. The Labute approximate surface area is 200 Å². The predicted octanol–water partition coefficient (Wildman–Crippen LogP) is 3.96. The number of nitrogens with zero attached hydrogens (tertiary/aromatic N) is 3. The summed E-state index contributed by atoms with van der Waals surface area (Å²) in [7, 11) is 1.79. The summed E-state index contributed by atoms with van der Waals surface area (Å²) in [4.78, 5) is 10.9. The van der Waals surface area contributed by atoms with Gasteiger partial charge in [-0.25, -0.2) is 9.37 Å². The molecule has 8 heteroatoms. The number of halogens is 2. The summed E-state index contributed by atoms with van der Waals surface area (Å²) in [6.45, 7) is 3.21. The lowest BCUT2D eigenvalue weighted by atomic mass is 10.0. The van der Waals surface area contributed by atoms with Crippen LogP contribution in [0.25, 0.3) is 0 Å². The van der Waals surface area contributed by atoms with Gasteiger partial charge in [0.05, 0.1) is 6.61 Å². The maximum absolute atomic E-state index is 13.5. The topological polar surface area (TPSA) is 61.8 Å². The Morgan fingerprint density at radius 3 is 2.71 bits per heavy atom. The third-order valence-electron chi connectivity index (χ3n) is 5.66. The van der Waals surface area contributed by atoms with Crippen LogP contribution in [0.15, 0.2) is 47.6 Å². The lowest BCUT2D eigenvalue weighted by molar-refractivity contribution is 0.288. The summed E-state index contributed by atoms with van der Waals surface area (Å²) in [6.07, 6.45) is 6.28. The molecular weight excluding hydrogens is 508 g/mol. The van der Waals surface area contributed by atoms with Crippen molar-refractivity contribution in [3.63, 3.8) is 0 Å². The van der Waals surface area contributed by atoms with E-state index in [9.17, 15) is 4.39 Å². The molecule has 0 radical (unpaired) electrons. The van der Waals surface area contributed by atoms with Gasteiger partial charge in [-0.3, -0.25) is 4.99 Å². The summed E-state index contributed by atoms with van der Waals surface area (Å²) in [5.74, 6) is 2.00. The van der Waals surface area contributed by atoms with Gasteiger partial charge in [0.15, 0.2) is 5.96 Å². The van der Waals surface area contributed by atoms with Crippen molar-refractivity contribution in [1.82, 2.24) is 15.6 Å². The molecule has 1 aliphatic heterocycles. The molecule has 0 spiro atoms. The van der Waals surface area contributed by atoms with E-state index in [0.29, 0.717) is 24.4 Å². The van der Waals surface area contributed by atoms with Crippen molar-refractivity contribution in [2.45, 2.75) is 38.3 Å². The van der Waals surface area contributed by atoms with Crippen molar-refractivity contribution in [3.05, 3.63) is 54.0 Å².